The van der Waals surface area contributed by atoms with Crippen molar-refractivity contribution < 1.29 is 9.53 Å². The van der Waals surface area contributed by atoms with Crippen LogP contribution >= 0.6 is 0 Å². The van der Waals surface area contributed by atoms with E-state index in [1.54, 1.807) is 0 Å². The molecule has 0 radical (unpaired) electrons. The number of ether oxygens (including phenoxy) is 1. The van der Waals surface area contributed by atoms with Crippen LogP contribution in [0, 0.1) is 5.92 Å². The molecule has 1 amide bonds. The summed E-state index contributed by atoms with van der Waals surface area (Å²) in [6.07, 6.45) is 4.54. The van der Waals surface area contributed by atoms with Gasteiger partial charge in [-0.05, 0) is 50.2 Å². The van der Waals surface area contributed by atoms with Gasteiger partial charge in [0.05, 0.1) is 6.61 Å². The highest BCUT2D eigenvalue weighted by molar-refractivity contribution is 5.67. The highest BCUT2D eigenvalue weighted by Gasteiger charge is 2.33. The zero-order chi connectivity index (χ0) is 17.9. The molecule has 3 aliphatic heterocycles. The van der Waals surface area contributed by atoms with Gasteiger partial charge in [0, 0.05) is 51.0 Å². The van der Waals surface area contributed by atoms with Crippen molar-refractivity contribution in [1.29, 1.82) is 0 Å². The first kappa shape index (κ1) is 17.7. The fourth-order valence-corrected chi connectivity index (χ4v) is 4.85. The number of likely N-dealkylation sites (tertiary alicyclic amines) is 2. The van der Waals surface area contributed by atoms with Crippen LogP contribution in [-0.2, 0) is 11.2 Å². The number of hydrogen-bond acceptors (Lipinski definition) is 4. The zero-order valence-electron chi connectivity index (χ0n) is 15.9. The van der Waals surface area contributed by atoms with E-state index in [-0.39, 0.29) is 6.09 Å². The molecule has 0 saturated carbocycles. The molecule has 0 aliphatic carbocycles. The lowest BCUT2D eigenvalue weighted by Crippen LogP contribution is -2.42. The van der Waals surface area contributed by atoms with Gasteiger partial charge in [-0.25, -0.2) is 4.79 Å². The fourth-order valence-electron chi connectivity index (χ4n) is 4.85. The molecule has 4 rings (SSSR count). The number of nitrogens with zero attached hydrogens (tertiary/aromatic N) is 3. The Morgan fingerprint density at radius 2 is 1.92 bits per heavy atom. The first-order valence-electron chi connectivity index (χ1n) is 10.2. The van der Waals surface area contributed by atoms with Gasteiger partial charge in [-0.2, -0.15) is 0 Å². The second-order valence-electron chi connectivity index (χ2n) is 7.90. The lowest BCUT2D eigenvalue weighted by molar-refractivity contribution is 0.0872. The molecule has 3 heterocycles. The minimum absolute atomic E-state index is 0.139. The molecule has 26 heavy (non-hydrogen) atoms. The van der Waals surface area contributed by atoms with Crippen LogP contribution in [0.4, 0.5) is 10.5 Å². The van der Waals surface area contributed by atoms with E-state index >= 15 is 0 Å². The van der Waals surface area contributed by atoms with Crippen LogP contribution in [0.15, 0.2) is 24.3 Å². The number of anilines is 1. The summed E-state index contributed by atoms with van der Waals surface area (Å²) in [5.41, 5.74) is 2.97. The quantitative estimate of drug-likeness (QED) is 0.830. The monoisotopic (exact) mass is 357 g/mol. The molecular weight excluding hydrogens is 326 g/mol. The number of carbonyl (C=O) groups excluding carboxylic acids is 1. The fraction of sp³-hybridized carbons (Fsp3) is 0.667. The van der Waals surface area contributed by atoms with E-state index in [2.05, 4.69) is 34.1 Å². The van der Waals surface area contributed by atoms with Gasteiger partial charge in [-0.1, -0.05) is 18.2 Å². The predicted molar refractivity (Wildman–Crippen MR) is 104 cm³/mol. The van der Waals surface area contributed by atoms with Gasteiger partial charge in [-0.3, -0.25) is 0 Å². The molecule has 5 nitrogen and oxygen atoms in total. The van der Waals surface area contributed by atoms with E-state index in [0.717, 1.165) is 25.9 Å². The van der Waals surface area contributed by atoms with Crippen molar-refractivity contribution in [3.05, 3.63) is 29.8 Å². The molecule has 1 aromatic carbocycles. The third kappa shape index (κ3) is 3.68. The van der Waals surface area contributed by atoms with E-state index in [1.165, 1.54) is 50.3 Å². The Balaban J connectivity index is 1.25. The molecule has 0 aromatic heterocycles. The van der Waals surface area contributed by atoms with Gasteiger partial charge >= 0.3 is 6.09 Å². The second kappa shape index (κ2) is 7.87. The maximum atomic E-state index is 11.8. The molecule has 0 N–H and O–H groups in total. The molecular formula is C21H31N3O2. The van der Waals surface area contributed by atoms with Gasteiger partial charge < -0.3 is 19.4 Å². The lowest BCUT2D eigenvalue weighted by Gasteiger charge is -2.33. The number of fused-ring (bicyclic) bond motifs is 1. The molecule has 2 saturated heterocycles. The number of hydrogen-bond donors (Lipinski definition) is 0. The van der Waals surface area contributed by atoms with Crippen LogP contribution in [0.1, 0.15) is 31.7 Å². The third-order valence-corrected chi connectivity index (χ3v) is 6.27. The summed E-state index contributed by atoms with van der Waals surface area (Å²) in [6.45, 7) is 8.79. The van der Waals surface area contributed by atoms with Gasteiger partial charge in [0.15, 0.2) is 0 Å². The van der Waals surface area contributed by atoms with Crippen LogP contribution in [0.25, 0.3) is 0 Å². The summed E-state index contributed by atoms with van der Waals surface area (Å²) in [5.74, 6) is 0.713. The first-order valence-corrected chi connectivity index (χ1v) is 10.2. The van der Waals surface area contributed by atoms with Crippen molar-refractivity contribution in [2.75, 3.05) is 50.8 Å². The minimum atomic E-state index is -0.139. The summed E-state index contributed by atoms with van der Waals surface area (Å²) >= 11 is 0. The van der Waals surface area contributed by atoms with Crippen molar-refractivity contribution in [3.8, 4) is 0 Å². The Hall–Kier alpha value is -1.75. The molecule has 0 bridgehead atoms. The lowest BCUT2D eigenvalue weighted by atomic mass is 9.96. The number of para-hydroxylation sites is 1. The van der Waals surface area contributed by atoms with Crippen molar-refractivity contribution in [3.63, 3.8) is 0 Å². The van der Waals surface area contributed by atoms with Crippen LogP contribution in [0.3, 0.4) is 0 Å². The van der Waals surface area contributed by atoms with Crippen LogP contribution in [0.2, 0.25) is 0 Å². The standard InChI is InChI=1S/C21H31N3O2/c1-2-26-21(25)23-12-7-17(8-13-23)15-22-11-10-19(16-22)24-14-9-18-5-3-4-6-20(18)24/h3-6,17,19H,2,7-16H2,1H3. The van der Waals surface area contributed by atoms with Gasteiger partial charge in [-0.15, -0.1) is 0 Å². The number of benzene rings is 1. The summed E-state index contributed by atoms with van der Waals surface area (Å²) in [5, 5.41) is 0. The van der Waals surface area contributed by atoms with Crippen LogP contribution < -0.4 is 4.90 Å². The van der Waals surface area contributed by atoms with Gasteiger partial charge in [0.1, 0.15) is 0 Å². The minimum Gasteiger partial charge on any atom is -0.450 e. The summed E-state index contributed by atoms with van der Waals surface area (Å²) < 4.78 is 5.12. The van der Waals surface area contributed by atoms with Crippen molar-refractivity contribution in [1.82, 2.24) is 9.80 Å². The van der Waals surface area contributed by atoms with Crippen LogP contribution in [0.5, 0.6) is 0 Å². The summed E-state index contributed by atoms with van der Waals surface area (Å²) in [4.78, 5) is 19.0. The Bertz CT molecular complexity index is 627. The van der Waals surface area contributed by atoms with E-state index in [0.29, 0.717) is 18.6 Å². The van der Waals surface area contributed by atoms with Crippen molar-refractivity contribution in [2.24, 2.45) is 5.92 Å². The molecule has 2 fully saturated rings. The van der Waals surface area contributed by atoms with E-state index in [9.17, 15) is 4.79 Å². The molecule has 5 heteroatoms. The maximum Gasteiger partial charge on any atom is 0.409 e. The second-order valence-corrected chi connectivity index (χ2v) is 7.90. The largest absolute Gasteiger partial charge is 0.450 e. The van der Waals surface area contributed by atoms with Gasteiger partial charge in [0.25, 0.3) is 0 Å². The van der Waals surface area contributed by atoms with Crippen molar-refractivity contribution >= 4 is 11.8 Å². The highest BCUT2D eigenvalue weighted by atomic mass is 16.6. The number of carbonyl (C=O) groups is 1. The average Bonchev–Trinajstić information content (AvgIpc) is 3.29. The molecule has 142 valence electrons. The Kier molecular flexibility index (Phi) is 5.34. The molecule has 1 atom stereocenters. The topological polar surface area (TPSA) is 36.0 Å². The Labute approximate surface area is 156 Å². The average molecular weight is 357 g/mol. The van der Waals surface area contributed by atoms with Crippen LogP contribution in [-0.4, -0.2) is 67.8 Å². The molecule has 1 aromatic rings. The maximum absolute atomic E-state index is 11.8. The van der Waals surface area contributed by atoms with E-state index in [1.807, 2.05) is 11.8 Å². The molecule has 0 spiro atoms. The predicted octanol–water partition coefficient (Wildman–Crippen LogP) is 2.99. The number of rotatable bonds is 4. The zero-order valence-corrected chi connectivity index (χ0v) is 15.9. The Morgan fingerprint density at radius 1 is 1.12 bits per heavy atom. The summed E-state index contributed by atoms with van der Waals surface area (Å²) in [7, 11) is 0. The van der Waals surface area contributed by atoms with Gasteiger partial charge in [0.2, 0.25) is 0 Å². The highest BCUT2D eigenvalue weighted by Crippen LogP contribution is 2.32. The Morgan fingerprint density at radius 3 is 2.73 bits per heavy atom. The molecule has 1 unspecified atom stereocenters. The first-order chi connectivity index (χ1) is 12.7. The molecule has 3 aliphatic rings. The van der Waals surface area contributed by atoms with E-state index < -0.39 is 0 Å². The third-order valence-electron chi connectivity index (χ3n) is 6.27. The van der Waals surface area contributed by atoms with Crippen molar-refractivity contribution in [2.45, 2.75) is 38.6 Å². The SMILES string of the molecule is CCOC(=O)N1CCC(CN2CCC(N3CCc4ccccc43)C2)CC1. The van der Waals surface area contributed by atoms with E-state index in [4.69, 9.17) is 4.74 Å². The summed E-state index contributed by atoms with van der Waals surface area (Å²) in [6, 6.07) is 9.56. The normalized spacial score (nSPS) is 24.1. The number of amides is 1. The number of piperidine rings is 1. The smallest absolute Gasteiger partial charge is 0.409 e.